The van der Waals surface area contributed by atoms with Gasteiger partial charge in [0, 0.05) is 19.0 Å². The Balaban J connectivity index is 3.16. The first kappa shape index (κ1) is 7.72. The SMILES string of the molecule is CNc1ccc(C)nc1C=N. The van der Waals surface area contributed by atoms with Crippen molar-refractivity contribution < 1.29 is 0 Å². The zero-order valence-corrected chi connectivity index (χ0v) is 6.68. The molecule has 0 aliphatic carbocycles. The molecule has 3 nitrogen and oxygen atoms in total. The van der Waals surface area contributed by atoms with E-state index in [0.29, 0.717) is 5.69 Å². The molecule has 0 aromatic carbocycles. The first-order chi connectivity index (χ1) is 5.27. The summed E-state index contributed by atoms with van der Waals surface area (Å²) in [5.74, 6) is 0. The van der Waals surface area contributed by atoms with Gasteiger partial charge >= 0.3 is 0 Å². The second-order valence-electron chi connectivity index (χ2n) is 2.28. The Labute approximate surface area is 66.0 Å². The zero-order chi connectivity index (χ0) is 8.27. The Morgan fingerprint density at radius 2 is 2.27 bits per heavy atom. The van der Waals surface area contributed by atoms with E-state index in [1.165, 1.54) is 6.21 Å². The van der Waals surface area contributed by atoms with Gasteiger partial charge in [-0.1, -0.05) is 0 Å². The molecule has 0 aliphatic rings. The summed E-state index contributed by atoms with van der Waals surface area (Å²) in [6.45, 7) is 1.91. The van der Waals surface area contributed by atoms with Gasteiger partial charge in [-0.2, -0.15) is 0 Å². The van der Waals surface area contributed by atoms with E-state index in [1.54, 1.807) is 0 Å². The number of nitrogens with zero attached hydrogens (tertiary/aromatic N) is 1. The van der Waals surface area contributed by atoms with Crippen LogP contribution in [0.1, 0.15) is 11.4 Å². The van der Waals surface area contributed by atoms with E-state index in [2.05, 4.69) is 10.3 Å². The van der Waals surface area contributed by atoms with Crippen molar-refractivity contribution in [2.24, 2.45) is 0 Å². The summed E-state index contributed by atoms with van der Waals surface area (Å²) in [5.41, 5.74) is 2.51. The smallest absolute Gasteiger partial charge is 0.104 e. The lowest BCUT2D eigenvalue weighted by molar-refractivity contribution is 1.18. The molecular formula is C8H11N3. The summed E-state index contributed by atoms with van der Waals surface area (Å²) in [6, 6.07) is 3.83. The lowest BCUT2D eigenvalue weighted by atomic mass is 10.3. The van der Waals surface area contributed by atoms with Crippen molar-refractivity contribution in [3.05, 3.63) is 23.5 Å². The highest BCUT2D eigenvalue weighted by molar-refractivity contribution is 5.82. The zero-order valence-electron chi connectivity index (χ0n) is 6.68. The fourth-order valence-electron chi connectivity index (χ4n) is 0.898. The molecule has 0 bridgehead atoms. The lowest BCUT2D eigenvalue weighted by Crippen LogP contribution is -1.98. The molecule has 0 saturated carbocycles. The highest BCUT2D eigenvalue weighted by Gasteiger charge is 1.97. The molecule has 0 atom stereocenters. The van der Waals surface area contributed by atoms with Crippen LogP contribution in [0, 0.1) is 12.3 Å². The van der Waals surface area contributed by atoms with E-state index in [1.807, 2.05) is 26.1 Å². The van der Waals surface area contributed by atoms with E-state index in [9.17, 15) is 0 Å². The Hall–Kier alpha value is -1.38. The Bertz CT molecular complexity index is 268. The summed E-state index contributed by atoms with van der Waals surface area (Å²) in [7, 11) is 1.82. The highest BCUT2D eigenvalue weighted by Crippen LogP contribution is 2.09. The molecule has 3 heteroatoms. The largest absolute Gasteiger partial charge is 0.386 e. The molecule has 0 radical (unpaired) electrons. The van der Waals surface area contributed by atoms with Crippen LogP contribution >= 0.6 is 0 Å². The number of aryl methyl sites for hydroxylation is 1. The number of hydrogen-bond acceptors (Lipinski definition) is 3. The first-order valence-corrected chi connectivity index (χ1v) is 3.44. The number of pyridine rings is 1. The van der Waals surface area contributed by atoms with Crippen molar-refractivity contribution in [2.75, 3.05) is 12.4 Å². The molecule has 58 valence electrons. The van der Waals surface area contributed by atoms with Crippen molar-refractivity contribution in [3.8, 4) is 0 Å². The Kier molecular flexibility index (Phi) is 2.21. The van der Waals surface area contributed by atoms with Crippen LogP contribution in [-0.4, -0.2) is 18.2 Å². The van der Waals surface area contributed by atoms with Crippen molar-refractivity contribution in [2.45, 2.75) is 6.92 Å². The molecule has 1 aromatic rings. The average molecular weight is 149 g/mol. The van der Waals surface area contributed by atoms with Crippen LogP contribution in [0.5, 0.6) is 0 Å². The van der Waals surface area contributed by atoms with Gasteiger partial charge in [-0.05, 0) is 19.1 Å². The maximum Gasteiger partial charge on any atom is 0.104 e. The van der Waals surface area contributed by atoms with E-state index in [0.717, 1.165) is 11.4 Å². The van der Waals surface area contributed by atoms with Gasteiger partial charge < -0.3 is 10.7 Å². The summed E-state index contributed by atoms with van der Waals surface area (Å²) in [6.07, 6.45) is 1.25. The third-order valence-corrected chi connectivity index (χ3v) is 1.47. The quantitative estimate of drug-likeness (QED) is 0.625. The third kappa shape index (κ3) is 1.55. The highest BCUT2D eigenvalue weighted by atomic mass is 14.9. The Morgan fingerprint density at radius 3 is 2.82 bits per heavy atom. The van der Waals surface area contributed by atoms with Gasteiger partial charge in [-0.15, -0.1) is 0 Å². The number of hydrogen-bond donors (Lipinski definition) is 2. The van der Waals surface area contributed by atoms with E-state index >= 15 is 0 Å². The van der Waals surface area contributed by atoms with Gasteiger partial charge in [0.2, 0.25) is 0 Å². The van der Waals surface area contributed by atoms with E-state index in [4.69, 9.17) is 5.41 Å². The molecule has 0 saturated heterocycles. The topological polar surface area (TPSA) is 48.8 Å². The normalized spacial score (nSPS) is 9.27. The third-order valence-electron chi connectivity index (χ3n) is 1.47. The van der Waals surface area contributed by atoms with Gasteiger partial charge in [0.25, 0.3) is 0 Å². The molecular weight excluding hydrogens is 138 g/mol. The van der Waals surface area contributed by atoms with Crippen molar-refractivity contribution in [1.29, 1.82) is 5.41 Å². The van der Waals surface area contributed by atoms with E-state index in [-0.39, 0.29) is 0 Å². The van der Waals surface area contributed by atoms with Crippen molar-refractivity contribution in [1.82, 2.24) is 4.98 Å². The van der Waals surface area contributed by atoms with Gasteiger partial charge in [0.15, 0.2) is 0 Å². The minimum absolute atomic E-state index is 0.688. The summed E-state index contributed by atoms with van der Waals surface area (Å²) in [4.78, 5) is 4.16. The number of aromatic nitrogens is 1. The predicted octanol–water partition coefficient (Wildman–Crippen LogP) is 1.43. The second-order valence-corrected chi connectivity index (χ2v) is 2.28. The lowest BCUT2D eigenvalue weighted by Gasteiger charge is -2.03. The fourth-order valence-corrected chi connectivity index (χ4v) is 0.898. The van der Waals surface area contributed by atoms with Crippen LogP contribution in [0.3, 0.4) is 0 Å². The molecule has 0 aliphatic heterocycles. The predicted molar refractivity (Wildman–Crippen MR) is 46.4 cm³/mol. The van der Waals surface area contributed by atoms with Gasteiger partial charge in [0.1, 0.15) is 5.69 Å². The summed E-state index contributed by atoms with van der Waals surface area (Å²) < 4.78 is 0. The fraction of sp³-hybridized carbons (Fsp3) is 0.250. The summed E-state index contributed by atoms with van der Waals surface area (Å²) in [5, 5.41) is 10.0. The van der Waals surface area contributed by atoms with Crippen LogP contribution in [0.25, 0.3) is 0 Å². The number of rotatable bonds is 2. The van der Waals surface area contributed by atoms with Crippen LogP contribution in [-0.2, 0) is 0 Å². The molecule has 1 rings (SSSR count). The van der Waals surface area contributed by atoms with Crippen LogP contribution in [0.4, 0.5) is 5.69 Å². The van der Waals surface area contributed by atoms with Gasteiger partial charge in [0.05, 0.1) is 5.69 Å². The summed E-state index contributed by atoms with van der Waals surface area (Å²) >= 11 is 0. The standard InChI is InChI=1S/C8H11N3/c1-6-3-4-7(10-2)8(5-9)11-6/h3-5,9-10H,1-2H3. The van der Waals surface area contributed by atoms with Gasteiger partial charge in [-0.3, -0.25) is 0 Å². The van der Waals surface area contributed by atoms with Crippen LogP contribution in [0.15, 0.2) is 12.1 Å². The maximum atomic E-state index is 7.06. The first-order valence-electron chi connectivity index (χ1n) is 3.44. The van der Waals surface area contributed by atoms with Gasteiger partial charge in [-0.25, -0.2) is 4.98 Å². The number of anilines is 1. The minimum Gasteiger partial charge on any atom is -0.386 e. The number of nitrogens with one attached hydrogen (secondary N) is 2. The monoisotopic (exact) mass is 149 g/mol. The maximum absolute atomic E-state index is 7.06. The van der Waals surface area contributed by atoms with Crippen molar-refractivity contribution >= 4 is 11.9 Å². The molecule has 0 spiro atoms. The molecule has 1 heterocycles. The van der Waals surface area contributed by atoms with Crippen molar-refractivity contribution in [3.63, 3.8) is 0 Å². The molecule has 11 heavy (non-hydrogen) atoms. The van der Waals surface area contributed by atoms with Crippen LogP contribution < -0.4 is 5.32 Å². The molecule has 2 N–H and O–H groups in total. The second kappa shape index (κ2) is 3.14. The molecule has 0 fully saturated rings. The van der Waals surface area contributed by atoms with Crippen LogP contribution in [0.2, 0.25) is 0 Å². The van der Waals surface area contributed by atoms with E-state index < -0.39 is 0 Å². The molecule has 0 amide bonds. The average Bonchev–Trinajstić information content (AvgIpc) is 2.04. The Morgan fingerprint density at radius 1 is 1.55 bits per heavy atom. The molecule has 0 unspecified atom stereocenters. The minimum atomic E-state index is 0.688. The molecule has 1 aromatic heterocycles.